The highest BCUT2D eigenvalue weighted by Gasteiger charge is 2.49. The third kappa shape index (κ3) is 1.08. The summed E-state index contributed by atoms with van der Waals surface area (Å²) < 4.78 is 0. The molecule has 1 heterocycles. The molecule has 0 bridgehead atoms. The molecule has 76 valence electrons. The van der Waals surface area contributed by atoms with Crippen LogP contribution >= 0.6 is 0 Å². The molecule has 0 radical (unpaired) electrons. The predicted molar refractivity (Wildman–Crippen MR) is 59.9 cm³/mol. The van der Waals surface area contributed by atoms with Crippen molar-refractivity contribution >= 4 is 16.7 Å². The standard InChI is InChI=1S/C13H13NO/c1-9(15)13(6-7-13)11-4-2-3-10-5-8-14-12(10)11/h2-5,8,14H,6-7H2,1H3. The highest BCUT2D eigenvalue weighted by atomic mass is 16.1. The highest BCUT2D eigenvalue weighted by Crippen LogP contribution is 2.50. The van der Waals surface area contributed by atoms with Crippen molar-refractivity contribution in [1.29, 1.82) is 0 Å². The van der Waals surface area contributed by atoms with Gasteiger partial charge in [0.05, 0.1) is 5.41 Å². The van der Waals surface area contributed by atoms with E-state index < -0.39 is 0 Å². The van der Waals surface area contributed by atoms with Gasteiger partial charge in [-0.3, -0.25) is 4.79 Å². The fraction of sp³-hybridized carbons (Fsp3) is 0.308. The molecule has 0 aliphatic heterocycles. The van der Waals surface area contributed by atoms with Gasteiger partial charge in [0.1, 0.15) is 5.78 Å². The molecular formula is C13H13NO. The van der Waals surface area contributed by atoms with Crippen LogP contribution in [0.5, 0.6) is 0 Å². The fourth-order valence-electron chi connectivity index (χ4n) is 2.42. The molecule has 1 aliphatic rings. The topological polar surface area (TPSA) is 32.9 Å². The molecular weight excluding hydrogens is 186 g/mol. The van der Waals surface area contributed by atoms with Crippen molar-refractivity contribution in [1.82, 2.24) is 4.98 Å². The molecule has 3 rings (SSSR count). The monoisotopic (exact) mass is 199 g/mol. The van der Waals surface area contributed by atoms with Crippen LogP contribution in [0.15, 0.2) is 30.5 Å². The van der Waals surface area contributed by atoms with Gasteiger partial charge in [-0.15, -0.1) is 0 Å². The van der Waals surface area contributed by atoms with Crippen molar-refractivity contribution in [3.63, 3.8) is 0 Å². The van der Waals surface area contributed by atoms with Gasteiger partial charge in [-0.05, 0) is 36.8 Å². The van der Waals surface area contributed by atoms with E-state index in [0.29, 0.717) is 5.78 Å². The number of fused-ring (bicyclic) bond motifs is 1. The highest BCUT2D eigenvalue weighted by molar-refractivity contribution is 5.96. The molecule has 0 amide bonds. The van der Waals surface area contributed by atoms with Crippen LogP contribution in [0, 0.1) is 0 Å². The Kier molecular flexibility index (Phi) is 1.58. The number of H-pyrrole nitrogens is 1. The molecule has 1 fully saturated rings. The smallest absolute Gasteiger partial charge is 0.140 e. The maximum atomic E-state index is 11.7. The number of carbonyl (C=O) groups is 1. The quantitative estimate of drug-likeness (QED) is 0.792. The van der Waals surface area contributed by atoms with E-state index in [1.807, 2.05) is 12.3 Å². The van der Waals surface area contributed by atoms with Gasteiger partial charge in [0.15, 0.2) is 0 Å². The maximum absolute atomic E-state index is 11.7. The molecule has 2 aromatic rings. The minimum Gasteiger partial charge on any atom is -0.361 e. The van der Waals surface area contributed by atoms with E-state index in [9.17, 15) is 4.79 Å². The summed E-state index contributed by atoms with van der Waals surface area (Å²) in [5.74, 6) is 0.296. The molecule has 0 atom stereocenters. The Morgan fingerprint density at radius 1 is 1.33 bits per heavy atom. The third-order valence-electron chi connectivity index (χ3n) is 3.53. The summed E-state index contributed by atoms with van der Waals surface area (Å²) >= 11 is 0. The van der Waals surface area contributed by atoms with Crippen LogP contribution in [-0.4, -0.2) is 10.8 Å². The van der Waals surface area contributed by atoms with Crippen molar-refractivity contribution in [2.75, 3.05) is 0 Å². The van der Waals surface area contributed by atoms with Crippen molar-refractivity contribution in [3.8, 4) is 0 Å². The second-order valence-electron chi connectivity index (χ2n) is 4.39. The molecule has 1 aromatic heterocycles. The molecule has 1 aromatic carbocycles. The van der Waals surface area contributed by atoms with E-state index in [4.69, 9.17) is 0 Å². The molecule has 2 nitrogen and oxygen atoms in total. The number of benzene rings is 1. The van der Waals surface area contributed by atoms with Crippen molar-refractivity contribution in [2.24, 2.45) is 0 Å². The normalized spacial score (nSPS) is 17.9. The summed E-state index contributed by atoms with van der Waals surface area (Å²) in [4.78, 5) is 14.9. The SMILES string of the molecule is CC(=O)C1(c2cccc3cc[nH]c23)CC1. The summed E-state index contributed by atoms with van der Waals surface area (Å²) in [6.07, 6.45) is 3.94. The van der Waals surface area contributed by atoms with Gasteiger partial charge in [0.2, 0.25) is 0 Å². The lowest BCUT2D eigenvalue weighted by atomic mass is 9.90. The maximum Gasteiger partial charge on any atom is 0.140 e. The first kappa shape index (κ1) is 8.72. The Morgan fingerprint density at radius 2 is 2.13 bits per heavy atom. The lowest BCUT2D eigenvalue weighted by molar-refractivity contribution is -0.119. The average molecular weight is 199 g/mol. The summed E-state index contributed by atoms with van der Waals surface area (Å²) in [5, 5.41) is 1.19. The van der Waals surface area contributed by atoms with Crippen LogP contribution < -0.4 is 0 Å². The van der Waals surface area contributed by atoms with Gasteiger partial charge >= 0.3 is 0 Å². The lowest BCUT2D eigenvalue weighted by Crippen LogP contribution is -2.17. The van der Waals surface area contributed by atoms with Crippen molar-refractivity contribution in [3.05, 3.63) is 36.0 Å². The molecule has 15 heavy (non-hydrogen) atoms. The van der Waals surface area contributed by atoms with Crippen LogP contribution in [0.4, 0.5) is 0 Å². The van der Waals surface area contributed by atoms with E-state index in [1.165, 1.54) is 10.9 Å². The van der Waals surface area contributed by atoms with Crippen LogP contribution in [0.2, 0.25) is 0 Å². The van der Waals surface area contributed by atoms with Crippen LogP contribution in [0.3, 0.4) is 0 Å². The Labute approximate surface area is 88.3 Å². The van der Waals surface area contributed by atoms with E-state index in [2.05, 4.69) is 23.2 Å². The number of carbonyl (C=O) groups excluding carboxylic acids is 1. The number of nitrogens with one attached hydrogen (secondary N) is 1. The van der Waals surface area contributed by atoms with Gasteiger partial charge in [-0.2, -0.15) is 0 Å². The largest absolute Gasteiger partial charge is 0.361 e. The van der Waals surface area contributed by atoms with Crippen LogP contribution in [0.1, 0.15) is 25.3 Å². The predicted octanol–water partition coefficient (Wildman–Crippen LogP) is 2.79. The minimum atomic E-state index is -0.176. The summed E-state index contributed by atoms with van der Waals surface area (Å²) in [6.45, 7) is 1.70. The molecule has 1 saturated carbocycles. The van der Waals surface area contributed by atoms with Crippen LogP contribution in [0.25, 0.3) is 10.9 Å². The number of aromatic amines is 1. The number of para-hydroxylation sites is 1. The minimum absolute atomic E-state index is 0.176. The first-order valence-electron chi connectivity index (χ1n) is 5.32. The summed E-state index contributed by atoms with van der Waals surface area (Å²) in [6, 6.07) is 8.24. The number of aromatic nitrogens is 1. The number of hydrogen-bond acceptors (Lipinski definition) is 1. The summed E-state index contributed by atoms with van der Waals surface area (Å²) in [5.41, 5.74) is 2.13. The van der Waals surface area contributed by atoms with Crippen molar-refractivity contribution < 1.29 is 4.79 Å². The van der Waals surface area contributed by atoms with Gasteiger partial charge < -0.3 is 4.98 Å². The molecule has 0 spiro atoms. The number of rotatable bonds is 2. The lowest BCUT2D eigenvalue weighted by Gasteiger charge is -2.12. The van der Waals surface area contributed by atoms with E-state index >= 15 is 0 Å². The summed E-state index contributed by atoms with van der Waals surface area (Å²) in [7, 11) is 0. The van der Waals surface area contributed by atoms with E-state index in [1.54, 1.807) is 6.92 Å². The number of hydrogen-bond donors (Lipinski definition) is 1. The average Bonchev–Trinajstić information content (AvgIpc) is 2.89. The van der Waals surface area contributed by atoms with Gasteiger partial charge in [0.25, 0.3) is 0 Å². The van der Waals surface area contributed by atoms with Crippen LogP contribution in [-0.2, 0) is 10.2 Å². The van der Waals surface area contributed by atoms with Gasteiger partial charge in [-0.25, -0.2) is 0 Å². The zero-order valence-corrected chi connectivity index (χ0v) is 8.71. The molecule has 0 unspecified atom stereocenters. The van der Waals surface area contributed by atoms with Gasteiger partial charge in [0, 0.05) is 11.7 Å². The fourth-order valence-corrected chi connectivity index (χ4v) is 2.42. The third-order valence-corrected chi connectivity index (χ3v) is 3.53. The van der Waals surface area contributed by atoms with E-state index in [-0.39, 0.29) is 5.41 Å². The zero-order chi connectivity index (χ0) is 10.5. The second-order valence-corrected chi connectivity index (χ2v) is 4.39. The Balaban J connectivity index is 2.27. The Hall–Kier alpha value is -1.57. The van der Waals surface area contributed by atoms with Gasteiger partial charge in [-0.1, -0.05) is 18.2 Å². The first-order valence-corrected chi connectivity index (χ1v) is 5.32. The van der Waals surface area contributed by atoms with Crippen molar-refractivity contribution in [2.45, 2.75) is 25.2 Å². The Bertz CT molecular complexity index is 534. The number of ketones is 1. The molecule has 1 N–H and O–H groups in total. The molecule has 0 saturated heterocycles. The number of Topliss-reactive ketones (excluding diaryl/α,β-unsaturated/α-hetero) is 1. The Morgan fingerprint density at radius 3 is 2.80 bits per heavy atom. The van der Waals surface area contributed by atoms with E-state index in [0.717, 1.165) is 18.4 Å². The zero-order valence-electron chi connectivity index (χ0n) is 8.71. The molecule has 2 heteroatoms. The molecule has 1 aliphatic carbocycles. The first-order chi connectivity index (χ1) is 7.24. The second kappa shape index (κ2) is 2.72.